The molecule has 5 heteroatoms. The van der Waals surface area contributed by atoms with Gasteiger partial charge in [0.05, 0.1) is 18.4 Å². The fraction of sp³-hybridized carbons (Fsp3) is 0.846. The highest BCUT2D eigenvalue weighted by Gasteiger charge is 2.36. The van der Waals surface area contributed by atoms with Gasteiger partial charge < -0.3 is 10.5 Å². The van der Waals surface area contributed by atoms with Gasteiger partial charge in [-0.15, -0.1) is 0 Å². The van der Waals surface area contributed by atoms with Crippen LogP contribution in [-0.2, 0) is 14.3 Å². The minimum atomic E-state index is -0.567. The van der Waals surface area contributed by atoms with Crippen molar-refractivity contribution in [3.05, 3.63) is 0 Å². The molecule has 1 aliphatic heterocycles. The van der Waals surface area contributed by atoms with Crippen LogP contribution < -0.4 is 5.73 Å². The van der Waals surface area contributed by atoms with Crippen LogP contribution in [0.3, 0.4) is 0 Å². The molecule has 1 saturated heterocycles. The number of rotatable bonds is 4. The molecule has 1 rings (SSSR count). The van der Waals surface area contributed by atoms with E-state index in [0.717, 1.165) is 12.8 Å². The highest BCUT2D eigenvalue weighted by Crippen LogP contribution is 2.27. The van der Waals surface area contributed by atoms with Crippen molar-refractivity contribution in [3.8, 4) is 0 Å². The van der Waals surface area contributed by atoms with Crippen molar-refractivity contribution in [1.82, 2.24) is 4.90 Å². The van der Waals surface area contributed by atoms with Gasteiger partial charge in [0.25, 0.3) is 0 Å². The Kier molecular flexibility index (Phi) is 4.73. The Morgan fingerprint density at radius 3 is 2.50 bits per heavy atom. The van der Waals surface area contributed by atoms with E-state index in [2.05, 4.69) is 11.8 Å². The molecule has 0 spiro atoms. The number of ether oxygens (including phenoxy) is 1. The van der Waals surface area contributed by atoms with Gasteiger partial charge in [-0.05, 0) is 33.6 Å². The third-order valence-corrected chi connectivity index (χ3v) is 3.75. The average molecular weight is 256 g/mol. The second-order valence-corrected chi connectivity index (χ2v) is 5.83. The van der Waals surface area contributed by atoms with Gasteiger partial charge in [-0.1, -0.05) is 0 Å². The lowest BCUT2D eigenvalue weighted by Gasteiger charge is -2.40. The van der Waals surface area contributed by atoms with Gasteiger partial charge >= 0.3 is 5.97 Å². The topological polar surface area (TPSA) is 72.6 Å². The molecule has 104 valence electrons. The molecule has 0 aromatic rings. The van der Waals surface area contributed by atoms with Crippen LogP contribution in [0.4, 0.5) is 0 Å². The van der Waals surface area contributed by atoms with Gasteiger partial charge in [0.1, 0.15) is 0 Å². The van der Waals surface area contributed by atoms with Crippen LogP contribution >= 0.6 is 0 Å². The Hall–Kier alpha value is -1.10. The van der Waals surface area contributed by atoms with E-state index in [1.165, 1.54) is 7.11 Å². The number of methoxy groups -OCH3 is 1. The standard InChI is InChI=1S/C13H24N2O3/c1-9-5-6-10(11(14)16)7-15(9)8-13(2,3)12(17)18-4/h9-10H,5-8H2,1-4H3,(H2,14,16). The summed E-state index contributed by atoms with van der Waals surface area (Å²) in [6, 6.07) is 0.365. The van der Waals surface area contributed by atoms with Crippen LogP contribution in [0.5, 0.6) is 0 Å². The second kappa shape index (κ2) is 5.69. The summed E-state index contributed by atoms with van der Waals surface area (Å²) in [4.78, 5) is 25.1. The molecular weight excluding hydrogens is 232 g/mol. The van der Waals surface area contributed by atoms with Crippen LogP contribution in [0.15, 0.2) is 0 Å². The van der Waals surface area contributed by atoms with Gasteiger partial charge in [-0.25, -0.2) is 0 Å². The van der Waals surface area contributed by atoms with Crippen LogP contribution in [0, 0.1) is 11.3 Å². The molecule has 18 heavy (non-hydrogen) atoms. The summed E-state index contributed by atoms with van der Waals surface area (Å²) in [5.41, 5.74) is 4.80. The first-order valence-corrected chi connectivity index (χ1v) is 6.39. The van der Waals surface area contributed by atoms with E-state index in [1.54, 1.807) is 0 Å². The van der Waals surface area contributed by atoms with Crippen molar-refractivity contribution in [2.75, 3.05) is 20.2 Å². The Bertz CT molecular complexity index is 328. The lowest BCUT2D eigenvalue weighted by molar-refractivity contribution is -0.152. The van der Waals surface area contributed by atoms with Crippen molar-refractivity contribution in [2.24, 2.45) is 17.1 Å². The summed E-state index contributed by atoms with van der Waals surface area (Å²) in [6.07, 6.45) is 1.77. The molecule has 1 fully saturated rings. The molecule has 5 nitrogen and oxygen atoms in total. The van der Waals surface area contributed by atoms with Gasteiger partial charge in [0, 0.05) is 19.1 Å². The van der Waals surface area contributed by atoms with E-state index in [9.17, 15) is 9.59 Å². The number of esters is 1. The molecule has 2 atom stereocenters. The van der Waals surface area contributed by atoms with Crippen molar-refractivity contribution < 1.29 is 14.3 Å². The van der Waals surface area contributed by atoms with Crippen LogP contribution in [0.2, 0.25) is 0 Å². The fourth-order valence-corrected chi connectivity index (χ4v) is 2.48. The molecule has 2 N–H and O–H groups in total. The van der Waals surface area contributed by atoms with Crippen LogP contribution in [0.1, 0.15) is 33.6 Å². The molecule has 1 amide bonds. The van der Waals surface area contributed by atoms with E-state index in [-0.39, 0.29) is 17.8 Å². The van der Waals surface area contributed by atoms with Gasteiger partial charge in [-0.3, -0.25) is 14.5 Å². The molecule has 2 unspecified atom stereocenters. The third-order valence-electron chi connectivity index (χ3n) is 3.75. The molecule has 0 saturated carbocycles. The first-order chi connectivity index (χ1) is 8.27. The first kappa shape index (κ1) is 15.0. The maximum Gasteiger partial charge on any atom is 0.312 e. The second-order valence-electron chi connectivity index (χ2n) is 5.83. The highest BCUT2D eigenvalue weighted by atomic mass is 16.5. The number of piperidine rings is 1. The molecule has 0 bridgehead atoms. The van der Waals surface area contributed by atoms with Crippen molar-refractivity contribution in [3.63, 3.8) is 0 Å². The van der Waals surface area contributed by atoms with E-state index in [1.807, 2.05) is 13.8 Å². The molecule has 1 heterocycles. The van der Waals surface area contributed by atoms with E-state index >= 15 is 0 Å². The van der Waals surface area contributed by atoms with Gasteiger partial charge in [-0.2, -0.15) is 0 Å². The number of carbonyl (C=O) groups excluding carboxylic acids is 2. The molecule has 0 aliphatic carbocycles. The summed E-state index contributed by atoms with van der Waals surface area (Å²) < 4.78 is 4.81. The monoisotopic (exact) mass is 256 g/mol. The number of primary amides is 1. The Balaban J connectivity index is 2.69. The van der Waals surface area contributed by atoms with E-state index in [4.69, 9.17) is 10.5 Å². The molecule has 0 aromatic heterocycles. The number of hydrogen-bond acceptors (Lipinski definition) is 4. The van der Waals surface area contributed by atoms with Crippen molar-refractivity contribution in [1.29, 1.82) is 0 Å². The first-order valence-electron chi connectivity index (χ1n) is 6.39. The summed E-state index contributed by atoms with van der Waals surface area (Å²) >= 11 is 0. The maximum atomic E-state index is 11.7. The number of amides is 1. The SMILES string of the molecule is COC(=O)C(C)(C)CN1CC(C(N)=O)CCC1C. The Labute approximate surface area is 109 Å². The number of hydrogen-bond donors (Lipinski definition) is 1. The summed E-state index contributed by atoms with van der Waals surface area (Å²) in [7, 11) is 1.40. The van der Waals surface area contributed by atoms with Crippen molar-refractivity contribution in [2.45, 2.75) is 39.7 Å². The lowest BCUT2D eigenvalue weighted by atomic mass is 9.87. The van der Waals surface area contributed by atoms with Gasteiger partial charge in [0.2, 0.25) is 5.91 Å². The summed E-state index contributed by atoms with van der Waals surface area (Å²) in [6.45, 7) is 7.06. The predicted molar refractivity (Wildman–Crippen MR) is 68.8 cm³/mol. The number of nitrogens with two attached hydrogens (primary N) is 1. The fourth-order valence-electron chi connectivity index (χ4n) is 2.48. The minimum absolute atomic E-state index is 0.102. The highest BCUT2D eigenvalue weighted by molar-refractivity contribution is 5.77. The van der Waals surface area contributed by atoms with Crippen LogP contribution in [0.25, 0.3) is 0 Å². The predicted octanol–water partition coefficient (Wildman–Crippen LogP) is 0.771. The average Bonchev–Trinajstić information content (AvgIpc) is 2.30. The van der Waals surface area contributed by atoms with E-state index in [0.29, 0.717) is 19.1 Å². The zero-order valence-corrected chi connectivity index (χ0v) is 11.7. The number of likely N-dealkylation sites (tertiary alicyclic amines) is 1. The quantitative estimate of drug-likeness (QED) is 0.754. The summed E-state index contributed by atoms with van der Waals surface area (Å²) in [5.74, 6) is -0.576. The number of nitrogens with zero attached hydrogens (tertiary/aromatic N) is 1. The largest absolute Gasteiger partial charge is 0.469 e. The Morgan fingerprint density at radius 1 is 1.39 bits per heavy atom. The zero-order valence-electron chi connectivity index (χ0n) is 11.7. The van der Waals surface area contributed by atoms with Crippen molar-refractivity contribution >= 4 is 11.9 Å². The zero-order chi connectivity index (χ0) is 13.9. The number of carbonyl (C=O) groups is 2. The maximum absolute atomic E-state index is 11.7. The summed E-state index contributed by atoms with van der Waals surface area (Å²) in [5, 5.41) is 0. The van der Waals surface area contributed by atoms with Crippen LogP contribution in [-0.4, -0.2) is 43.0 Å². The van der Waals surface area contributed by atoms with E-state index < -0.39 is 5.41 Å². The Morgan fingerprint density at radius 2 is 2.00 bits per heavy atom. The molecule has 0 radical (unpaired) electrons. The lowest BCUT2D eigenvalue weighted by Crippen LogP contribution is -2.50. The molecule has 1 aliphatic rings. The molecule has 0 aromatic carbocycles. The smallest absolute Gasteiger partial charge is 0.312 e. The molecular formula is C13H24N2O3. The van der Waals surface area contributed by atoms with Gasteiger partial charge in [0.15, 0.2) is 0 Å². The normalized spacial score (nSPS) is 25.8. The third kappa shape index (κ3) is 3.45. The minimum Gasteiger partial charge on any atom is -0.469 e.